The Kier molecular flexibility index (Phi) is 9.78. The van der Waals surface area contributed by atoms with Crippen LogP contribution < -0.4 is 14.4 Å². The van der Waals surface area contributed by atoms with Crippen molar-refractivity contribution in [3.8, 4) is 22.6 Å². The molecule has 35 heavy (non-hydrogen) atoms. The normalized spacial score (nSPS) is 10.7. The van der Waals surface area contributed by atoms with Crippen LogP contribution in [0.25, 0.3) is 11.1 Å². The molecule has 0 aliphatic carbocycles. The van der Waals surface area contributed by atoms with Crippen LogP contribution in [0.2, 0.25) is 0 Å². The van der Waals surface area contributed by atoms with Gasteiger partial charge >= 0.3 is 5.97 Å². The number of carbonyl (C=O) groups is 1. The molecule has 0 atom stereocenters. The van der Waals surface area contributed by atoms with Gasteiger partial charge in [0.15, 0.2) is 6.61 Å². The molecule has 0 aliphatic rings. The summed E-state index contributed by atoms with van der Waals surface area (Å²) in [5.41, 5.74) is 2.83. The number of nitrogens with zero attached hydrogens (tertiary/aromatic N) is 2. The van der Waals surface area contributed by atoms with Gasteiger partial charge in [0.1, 0.15) is 23.1 Å². The number of rotatable bonds is 12. The molecule has 8 heteroatoms. The number of hydrogen-bond acceptors (Lipinski definition) is 7. The zero-order valence-electron chi connectivity index (χ0n) is 20.5. The van der Waals surface area contributed by atoms with Crippen molar-refractivity contribution in [2.45, 2.75) is 25.2 Å². The van der Waals surface area contributed by atoms with Crippen molar-refractivity contribution in [3.05, 3.63) is 66.1 Å². The molecule has 2 aromatic carbocycles. The van der Waals surface area contributed by atoms with E-state index in [0.717, 1.165) is 52.7 Å². The van der Waals surface area contributed by atoms with Gasteiger partial charge in [0, 0.05) is 35.8 Å². The Balaban J connectivity index is 1.55. The lowest BCUT2D eigenvalue weighted by Gasteiger charge is -2.22. The van der Waals surface area contributed by atoms with Gasteiger partial charge in [0.2, 0.25) is 0 Å². The summed E-state index contributed by atoms with van der Waals surface area (Å²) in [6, 6.07) is 14.3. The summed E-state index contributed by atoms with van der Waals surface area (Å²) in [6.07, 6.45) is 2.79. The highest BCUT2D eigenvalue weighted by Gasteiger charge is 2.12. The van der Waals surface area contributed by atoms with E-state index in [1.54, 1.807) is 31.0 Å². The highest BCUT2D eigenvalue weighted by Crippen LogP contribution is 2.35. The number of anilines is 1. The first-order valence-electron chi connectivity index (χ1n) is 11.4. The molecule has 3 aromatic rings. The number of thioether (sulfide) groups is 1. The topological polar surface area (TPSA) is 60.9 Å². The molecule has 1 aromatic heterocycles. The average Bonchev–Trinajstić information content (AvgIpc) is 2.88. The van der Waals surface area contributed by atoms with Crippen LogP contribution in [0.3, 0.4) is 0 Å². The first-order chi connectivity index (χ1) is 16.9. The van der Waals surface area contributed by atoms with Crippen LogP contribution in [-0.2, 0) is 9.53 Å². The first kappa shape index (κ1) is 26.3. The minimum Gasteiger partial charge on any atom is -0.495 e. The van der Waals surface area contributed by atoms with E-state index in [-0.39, 0.29) is 12.4 Å². The third-order valence-corrected chi connectivity index (χ3v) is 6.62. The molecule has 0 aliphatic heterocycles. The highest BCUT2D eigenvalue weighted by molar-refractivity contribution is 7.99. The van der Waals surface area contributed by atoms with E-state index in [1.807, 2.05) is 37.4 Å². The maximum Gasteiger partial charge on any atom is 0.343 e. The molecular formula is C27H31FN2O4S. The van der Waals surface area contributed by atoms with Gasteiger partial charge in [-0.3, -0.25) is 0 Å². The molecule has 0 amide bonds. The number of benzene rings is 2. The molecule has 0 saturated carbocycles. The van der Waals surface area contributed by atoms with Gasteiger partial charge in [-0.2, -0.15) is 0 Å². The highest BCUT2D eigenvalue weighted by atomic mass is 32.2. The van der Waals surface area contributed by atoms with Gasteiger partial charge in [-0.25, -0.2) is 14.2 Å². The van der Waals surface area contributed by atoms with Gasteiger partial charge in [0.05, 0.1) is 14.2 Å². The van der Waals surface area contributed by atoms with E-state index < -0.39 is 5.97 Å². The van der Waals surface area contributed by atoms with Gasteiger partial charge in [-0.15, -0.1) is 11.8 Å². The lowest BCUT2D eigenvalue weighted by atomic mass is 10.1. The maximum absolute atomic E-state index is 13.2. The van der Waals surface area contributed by atoms with E-state index in [1.165, 1.54) is 19.2 Å². The van der Waals surface area contributed by atoms with Gasteiger partial charge in [-0.05, 0) is 67.5 Å². The SMILES string of the molecule is CCN(CCCSc1cc(C)c(OCC(=O)OC)cc1OC)c1ccc(-c2ccc(F)cc2)cn1. The fourth-order valence-corrected chi connectivity index (χ4v) is 4.56. The Morgan fingerprint density at radius 2 is 1.80 bits per heavy atom. The van der Waals surface area contributed by atoms with Gasteiger partial charge < -0.3 is 19.1 Å². The second-order valence-electron chi connectivity index (χ2n) is 7.83. The fourth-order valence-electron chi connectivity index (χ4n) is 3.52. The summed E-state index contributed by atoms with van der Waals surface area (Å²) in [6.45, 7) is 5.63. The van der Waals surface area contributed by atoms with E-state index in [2.05, 4.69) is 21.5 Å². The molecule has 0 unspecified atom stereocenters. The Labute approximate surface area is 210 Å². The van der Waals surface area contributed by atoms with E-state index in [9.17, 15) is 9.18 Å². The second-order valence-corrected chi connectivity index (χ2v) is 8.96. The van der Waals surface area contributed by atoms with Crippen molar-refractivity contribution in [1.82, 2.24) is 4.98 Å². The van der Waals surface area contributed by atoms with Crippen LogP contribution in [0.5, 0.6) is 11.5 Å². The molecule has 0 N–H and O–H groups in total. The Morgan fingerprint density at radius 1 is 1.06 bits per heavy atom. The summed E-state index contributed by atoms with van der Waals surface area (Å²) < 4.78 is 28.9. The number of halogens is 1. The number of methoxy groups -OCH3 is 2. The predicted molar refractivity (Wildman–Crippen MR) is 138 cm³/mol. The average molecular weight is 499 g/mol. The third kappa shape index (κ3) is 7.36. The first-order valence-corrected chi connectivity index (χ1v) is 12.4. The van der Waals surface area contributed by atoms with E-state index in [4.69, 9.17) is 9.47 Å². The van der Waals surface area contributed by atoms with Crippen LogP contribution in [0.4, 0.5) is 10.2 Å². The number of pyridine rings is 1. The lowest BCUT2D eigenvalue weighted by Crippen LogP contribution is -2.25. The largest absolute Gasteiger partial charge is 0.495 e. The third-order valence-electron chi connectivity index (χ3n) is 5.50. The Hall–Kier alpha value is -3.26. The predicted octanol–water partition coefficient (Wildman–Crippen LogP) is 5.77. The van der Waals surface area contributed by atoms with Crippen LogP contribution in [-0.4, -0.2) is 50.6 Å². The molecule has 0 fully saturated rings. The standard InChI is InChI=1S/C27H31FN2O4S/c1-5-30(26-12-9-21(17-29-26)20-7-10-22(28)11-8-20)13-6-14-35-25-15-19(2)23(16-24(25)32-3)34-18-27(31)33-4/h7-12,15-17H,5-6,13-14,18H2,1-4H3. The molecule has 0 radical (unpaired) electrons. The lowest BCUT2D eigenvalue weighted by molar-refractivity contribution is -0.142. The number of ether oxygens (including phenoxy) is 3. The summed E-state index contributed by atoms with van der Waals surface area (Å²) in [5.74, 6) is 2.46. The minimum atomic E-state index is -0.429. The van der Waals surface area contributed by atoms with Crippen molar-refractivity contribution in [1.29, 1.82) is 0 Å². The summed E-state index contributed by atoms with van der Waals surface area (Å²) in [4.78, 5) is 19.3. The monoisotopic (exact) mass is 498 g/mol. The number of esters is 1. The van der Waals surface area contributed by atoms with Crippen molar-refractivity contribution in [2.75, 3.05) is 44.6 Å². The van der Waals surface area contributed by atoms with Gasteiger partial charge in [0.25, 0.3) is 0 Å². The summed E-state index contributed by atoms with van der Waals surface area (Å²) in [5, 5.41) is 0. The molecule has 0 saturated heterocycles. The quantitative estimate of drug-likeness (QED) is 0.179. The minimum absolute atomic E-state index is 0.140. The fraction of sp³-hybridized carbons (Fsp3) is 0.333. The molecule has 0 bridgehead atoms. The zero-order chi connectivity index (χ0) is 25.2. The Morgan fingerprint density at radius 3 is 2.43 bits per heavy atom. The van der Waals surface area contributed by atoms with E-state index >= 15 is 0 Å². The number of aromatic nitrogens is 1. The summed E-state index contributed by atoms with van der Waals surface area (Å²) in [7, 11) is 2.95. The number of carbonyl (C=O) groups excluding carboxylic acids is 1. The molecular weight excluding hydrogens is 467 g/mol. The number of aryl methyl sites for hydroxylation is 1. The molecule has 6 nitrogen and oxygen atoms in total. The van der Waals surface area contributed by atoms with Crippen LogP contribution >= 0.6 is 11.8 Å². The van der Waals surface area contributed by atoms with Gasteiger partial charge in [-0.1, -0.05) is 12.1 Å². The molecule has 186 valence electrons. The zero-order valence-corrected chi connectivity index (χ0v) is 21.4. The van der Waals surface area contributed by atoms with Crippen LogP contribution in [0.15, 0.2) is 59.6 Å². The van der Waals surface area contributed by atoms with Crippen molar-refractivity contribution in [3.63, 3.8) is 0 Å². The molecule has 0 spiro atoms. The summed E-state index contributed by atoms with van der Waals surface area (Å²) >= 11 is 1.72. The molecule has 1 heterocycles. The smallest absolute Gasteiger partial charge is 0.343 e. The van der Waals surface area contributed by atoms with Crippen LogP contribution in [0.1, 0.15) is 18.9 Å². The maximum atomic E-state index is 13.2. The second kappa shape index (κ2) is 13.0. The Bertz CT molecular complexity index is 1110. The van der Waals surface area contributed by atoms with Crippen LogP contribution in [0, 0.1) is 12.7 Å². The number of hydrogen-bond donors (Lipinski definition) is 0. The molecule has 3 rings (SSSR count). The van der Waals surface area contributed by atoms with Crippen molar-refractivity contribution >= 4 is 23.5 Å². The van der Waals surface area contributed by atoms with E-state index in [0.29, 0.717) is 11.5 Å². The van der Waals surface area contributed by atoms with Crippen molar-refractivity contribution < 1.29 is 23.4 Å². The van der Waals surface area contributed by atoms with Crippen molar-refractivity contribution in [2.24, 2.45) is 0 Å².